The van der Waals surface area contributed by atoms with Crippen molar-refractivity contribution in [2.24, 2.45) is 0 Å². The number of aryl methyl sites for hydroxylation is 1. The summed E-state index contributed by atoms with van der Waals surface area (Å²) in [5.74, 6) is -0.237. The molecule has 1 aliphatic heterocycles. The third-order valence-electron chi connectivity index (χ3n) is 4.44. The van der Waals surface area contributed by atoms with Crippen molar-refractivity contribution in [1.29, 1.82) is 0 Å². The third kappa shape index (κ3) is 2.62. The van der Waals surface area contributed by atoms with Gasteiger partial charge in [-0.1, -0.05) is 0 Å². The van der Waals surface area contributed by atoms with Crippen LogP contribution >= 0.6 is 0 Å². The predicted octanol–water partition coefficient (Wildman–Crippen LogP) is 2.71. The van der Waals surface area contributed by atoms with E-state index in [2.05, 4.69) is 34.8 Å². The van der Waals surface area contributed by atoms with Crippen LogP contribution in [0.2, 0.25) is 0 Å². The molecule has 0 saturated carbocycles. The summed E-state index contributed by atoms with van der Waals surface area (Å²) in [6.07, 6.45) is 1.87. The van der Waals surface area contributed by atoms with Gasteiger partial charge in [0.15, 0.2) is 0 Å². The van der Waals surface area contributed by atoms with E-state index in [1.54, 1.807) is 12.1 Å². The van der Waals surface area contributed by atoms with Gasteiger partial charge in [0.25, 0.3) is 0 Å². The normalized spacial score (nSPS) is 18.4. The molecular formula is C18H19FN4. The summed E-state index contributed by atoms with van der Waals surface area (Å²) in [4.78, 5) is 0. The van der Waals surface area contributed by atoms with Crippen LogP contribution in [0.5, 0.6) is 0 Å². The minimum atomic E-state index is -0.237. The second kappa shape index (κ2) is 5.76. The Labute approximate surface area is 134 Å². The van der Waals surface area contributed by atoms with Crippen LogP contribution in [0.25, 0.3) is 16.6 Å². The molecule has 1 fully saturated rings. The average molecular weight is 310 g/mol. The second-order valence-electron chi connectivity index (χ2n) is 6.01. The van der Waals surface area contributed by atoms with Crippen LogP contribution in [0.15, 0.2) is 42.6 Å². The molecule has 0 radical (unpaired) electrons. The van der Waals surface area contributed by atoms with Gasteiger partial charge in [-0.15, -0.1) is 0 Å². The summed E-state index contributed by atoms with van der Waals surface area (Å²) in [6.45, 7) is 5.07. The Morgan fingerprint density at radius 3 is 2.74 bits per heavy atom. The van der Waals surface area contributed by atoms with Crippen molar-refractivity contribution >= 4 is 10.9 Å². The lowest BCUT2D eigenvalue weighted by molar-refractivity contribution is 0.429. The zero-order chi connectivity index (χ0) is 15.8. The molecule has 4 rings (SSSR count). The monoisotopic (exact) mass is 310 g/mol. The van der Waals surface area contributed by atoms with Crippen molar-refractivity contribution < 1.29 is 4.39 Å². The maximum Gasteiger partial charge on any atom is 0.123 e. The van der Waals surface area contributed by atoms with Crippen LogP contribution in [0.4, 0.5) is 4.39 Å². The van der Waals surface area contributed by atoms with Crippen LogP contribution in [0.3, 0.4) is 0 Å². The molecule has 1 saturated heterocycles. The number of benzene rings is 2. The summed E-state index contributed by atoms with van der Waals surface area (Å²) in [7, 11) is 0. The molecule has 0 aliphatic carbocycles. The Morgan fingerprint density at radius 2 is 2.00 bits per heavy atom. The van der Waals surface area contributed by atoms with E-state index in [-0.39, 0.29) is 5.82 Å². The molecule has 23 heavy (non-hydrogen) atoms. The molecule has 0 spiro atoms. The Bertz CT molecular complexity index is 832. The quantitative estimate of drug-likeness (QED) is 0.765. The first-order valence-corrected chi connectivity index (χ1v) is 7.91. The zero-order valence-corrected chi connectivity index (χ0v) is 13.0. The highest BCUT2D eigenvalue weighted by atomic mass is 19.1. The van der Waals surface area contributed by atoms with E-state index in [0.717, 1.165) is 36.2 Å². The fourth-order valence-corrected chi connectivity index (χ4v) is 3.23. The minimum Gasteiger partial charge on any atom is -0.314 e. The van der Waals surface area contributed by atoms with E-state index < -0.39 is 0 Å². The number of nitrogens with one attached hydrogen (secondary N) is 2. The van der Waals surface area contributed by atoms with Gasteiger partial charge in [0.1, 0.15) is 5.82 Å². The van der Waals surface area contributed by atoms with Crippen molar-refractivity contribution in [3.8, 4) is 5.69 Å². The molecule has 1 unspecified atom stereocenters. The lowest BCUT2D eigenvalue weighted by Crippen LogP contribution is -2.42. The molecule has 1 aromatic heterocycles. The smallest absolute Gasteiger partial charge is 0.123 e. The standard InChI is InChI=1S/C18H19FN4/c1-12-8-18-13(9-16(12)17-11-20-6-7-21-17)10-22-23(18)15-4-2-14(19)3-5-15/h2-5,8-10,17,20-21H,6-7,11H2,1H3. The second-order valence-corrected chi connectivity index (χ2v) is 6.01. The summed E-state index contributed by atoms with van der Waals surface area (Å²) >= 11 is 0. The van der Waals surface area contributed by atoms with Crippen molar-refractivity contribution in [3.05, 3.63) is 59.5 Å². The lowest BCUT2D eigenvalue weighted by Gasteiger charge is -2.26. The molecule has 1 aliphatic rings. The first-order valence-electron chi connectivity index (χ1n) is 7.91. The van der Waals surface area contributed by atoms with Crippen molar-refractivity contribution in [3.63, 3.8) is 0 Å². The van der Waals surface area contributed by atoms with E-state index >= 15 is 0 Å². The van der Waals surface area contributed by atoms with Crippen LogP contribution in [-0.2, 0) is 0 Å². The number of aromatic nitrogens is 2. The van der Waals surface area contributed by atoms with E-state index in [9.17, 15) is 4.39 Å². The molecule has 2 aromatic carbocycles. The molecule has 3 aromatic rings. The van der Waals surface area contributed by atoms with Gasteiger partial charge in [-0.25, -0.2) is 9.07 Å². The highest BCUT2D eigenvalue weighted by Crippen LogP contribution is 2.26. The predicted molar refractivity (Wildman–Crippen MR) is 89.4 cm³/mol. The number of halogens is 1. The Kier molecular flexibility index (Phi) is 3.59. The van der Waals surface area contributed by atoms with E-state index in [4.69, 9.17) is 0 Å². The summed E-state index contributed by atoms with van der Waals surface area (Å²) in [6, 6.07) is 11.1. The molecule has 5 heteroatoms. The Balaban J connectivity index is 1.78. The average Bonchev–Trinajstić information content (AvgIpc) is 2.98. The van der Waals surface area contributed by atoms with Crippen LogP contribution in [0, 0.1) is 12.7 Å². The molecule has 0 amide bonds. The topological polar surface area (TPSA) is 41.9 Å². The first kappa shape index (κ1) is 14.4. The van der Waals surface area contributed by atoms with Gasteiger partial charge < -0.3 is 10.6 Å². The third-order valence-corrected chi connectivity index (χ3v) is 4.44. The highest BCUT2D eigenvalue weighted by Gasteiger charge is 2.18. The van der Waals surface area contributed by atoms with Gasteiger partial charge in [0.2, 0.25) is 0 Å². The number of hydrogen-bond acceptors (Lipinski definition) is 3. The highest BCUT2D eigenvalue weighted by molar-refractivity contribution is 5.82. The number of rotatable bonds is 2. The van der Waals surface area contributed by atoms with Crippen LogP contribution in [-0.4, -0.2) is 29.4 Å². The van der Waals surface area contributed by atoms with E-state index in [1.807, 2.05) is 10.9 Å². The maximum absolute atomic E-state index is 13.1. The number of nitrogens with zero attached hydrogens (tertiary/aromatic N) is 2. The summed E-state index contributed by atoms with van der Waals surface area (Å²) in [5, 5.41) is 12.6. The van der Waals surface area contributed by atoms with Crippen molar-refractivity contribution in [1.82, 2.24) is 20.4 Å². The van der Waals surface area contributed by atoms with Gasteiger partial charge in [0, 0.05) is 31.1 Å². The number of piperazine rings is 1. The Hall–Kier alpha value is -2.24. The lowest BCUT2D eigenvalue weighted by atomic mass is 9.98. The number of fused-ring (bicyclic) bond motifs is 1. The molecule has 2 N–H and O–H groups in total. The van der Waals surface area contributed by atoms with Crippen LogP contribution < -0.4 is 10.6 Å². The van der Waals surface area contributed by atoms with E-state index in [0.29, 0.717) is 6.04 Å². The van der Waals surface area contributed by atoms with E-state index in [1.165, 1.54) is 23.3 Å². The first-order chi connectivity index (χ1) is 11.2. The molecule has 1 atom stereocenters. The Morgan fingerprint density at radius 1 is 1.17 bits per heavy atom. The summed E-state index contributed by atoms with van der Waals surface area (Å²) < 4.78 is 15.0. The SMILES string of the molecule is Cc1cc2c(cnn2-c2ccc(F)cc2)cc1C1CNCCN1. The van der Waals surface area contributed by atoms with Crippen molar-refractivity contribution in [2.45, 2.75) is 13.0 Å². The maximum atomic E-state index is 13.1. The summed E-state index contributed by atoms with van der Waals surface area (Å²) in [5.41, 5.74) is 4.46. The molecule has 118 valence electrons. The fourth-order valence-electron chi connectivity index (χ4n) is 3.23. The van der Waals surface area contributed by atoms with Gasteiger partial charge in [-0.3, -0.25) is 0 Å². The molecular weight excluding hydrogens is 291 g/mol. The molecule has 2 heterocycles. The minimum absolute atomic E-state index is 0.237. The van der Waals surface area contributed by atoms with Gasteiger partial charge >= 0.3 is 0 Å². The van der Waals surface area contributed by atoms with Gasteiger partial charge in [0.05, 0.1) is 17.4 Å². The van der Waals surface area contributed by atoms with Gasteiger partial charge in [-0.2, -0.15) is 5.10 Å². The largest absolute Gasteiger partial charge is 0.314 e. The number of hydrogen-bond donors (Lipinski definition) is 2. The zero-order valence-electron chi connectivity index (χ0n) is 13.0. The van der Waals surface area contributed by atoms with Crippen LogP contribution in [0.1, 0.15) is 17.2 Å². The van der Waals surface area contributed by atoms with Gasteiger partial charge in [-0.05, 0) is 54.4 Å². The fraction of sp³-hybridized carbons (Fsp3) is 0.278. The van der Waals surface area contributed by atoms with Crippen molar-refractivity contribution in [2.75, 3.05) is 19.6 Å². The molecule has 0 bridgehead atoms. The molecule has 4 nitrogen and oxygen atoms in total.